The molecule has 0 radical (unpaired) electrons. The number of carbonyl (C=O) groups is 1. The molecule has 0 spiro atoms. The third-order valence-corrected chi connectivity index (χ3v) is 5.88. The van der Waals surface area contributed by atoms with Crippen molar-refractivity contribution in [3.8, 4) is 0 Å². The molecule has 1 aliphatic carbocycles. The Hall–Kier alpha value is -1.39. The minimum Gasteiger partial charge on any atom is -0.387 e. The van der Waals surface area contributed by atoms with Crippen LogP contribution in [0.3, 0.4) is 0 Å². The second-order valence-corrected chi connectivity index (χ2v) is 7.90. The predicted octanol–water partition coefficient (Wildman–Crippen LogP) is 2.75. The van der Waals surface area contributed by atoms with Crippen LogP contribution in [0, 0.1) is 11.8 Å². The summed E-state index contributed by atoms with van der Waals surface area (Å²) in [5, 5.41) is 10.6. The number of likely N-dealkylation sites (tertiary alicyclic amines) is 1. The highest BCUT2D eigenvalue weighted by Crippen LogP contribution is 2.37. The fraction of sp³-hybridized carbons (Fsp3) is 0.650. The van der Waals surface area contributed by atoms with Crippen LogP contribution in [0.15, 0.2) is 18.2 Å². The molecule has 4 nitrogen and oxygen atoms in total. The molecule has 1 atom stereocenters. The van der Waals surface area contributed by atoms with Gasteiger partial charge in [0.1, 0.15) is 0 Å². The molecular weight excluding hydrogens is 300 g/mol. The number of fused-ring (bicyclic) bond motifs is 1. The first-order chi connectivity index (χ1) is 11.6. The maximum absolute atomic E-state index is 12.3. The van der Waals surface area contributed by atoms with Crippen LogP contribution >= 0.6 is 0 Å². The Balaban J connectivity index is 1.42. The monoisotopic (exact) mass is 328 g/mol. The highest BCUT2D eigenvalue weighted by molar-refractivity contribution is 5.98. The Morgan fingerprint density at radius 3 is 2.67 bits per heavy atom. The van der Waals surface area contributed by atoms with E-state index in [2.05, 4.69) is 17.9 Å². The van der Waals surface area contributed by atoms with Crippen molar-refractivity contribution in [2.45, 2.75) is 45.1 Å². The smallest absolute Gasteiger partial charge is 0.230 e. The maximum Gasteiger partial charge on any atom is 0.230 e. The number of hydrogen-bond donors (Lipinski definition) is 1. The van der Waals surface area contributed by atoms with Crippen LogP contribution in [0.1, 0.15) is 49.8 Å². The van der Waals surface area contributed by atoms with Gasteiger partial charge in [0.05, 0.1) is 6.10 Å². The largest absolute Gasteiger partial charge is 0.387 e. The molecule has 1 saturated heterocycles. The first kappa shape index (κ1) is 16.1. The van der Waals surface area contributed by atoms with Gasteiger partial charge in [-0.15, -0.1) is 0 Å². The highest BCUT2D eigenvalue weighted by atomic mass is 16.3. The van der Waals surface area contributed by atoms with E-state index in [9.17, 15) is 9.90 Å². The second-order valence-electron chi connectivity index (χ2n) is 7.90. The Bertz CT molecular complexity index is 618. The van der Waals surface area contributed by atoms with Crippen LogP contribution in [0.2, 0.25) is 0 Å². The number of hydrogen-bond acceptors (Lipinski definition) is 3. The molecule has 0 unspecified atom stereocenters. The van der Waals surface area contributed by atoms with Crippen LogP contribution in [0.5, 0.6) is 0 Å². The molecule has 1 amide bonds. The van der Waals surface area contributed by atoms with Crippen molar-refractivity contribution in [1.29, 1.82) is 0 Å². The van der Waals surface area contributed by atoms with Crippen molar-refractivity contribution in [2.24, 2.45) is 11.8 Å². The first-order valence-electron chi connectivity index (χ1n) is 9.46. The Kier molecular flexibility index (Phi) is 4.35. The second kappa shape index (κ2) is 6.49. The lowest BCUT2D eigenvalue weighted by atomic mass is 9.98. The molecule has 0 bridgehead atoms. The van der Waals surface area contributed by atoms with Crippen molar-refractivity contribution in [3.63, 3.8) is 0 Å². The van der Waals surface area contributed by atoms with E-state index in [1.165, 1.54) is 18.4 Å². The van der Waals surface area contributed by atoms with Crippen molar-refractivity contribution >= 4 is 11.6 Å². The minimum absolute atomic E-state index is 0.266. The summed E-state index contributed by atoms with van der Waals surface area (Å²) in [7, 11) is 0. The third-order valence-electron chi connectivity index (χ3n) is 5.88. The molecule has 4 rings (SSSR count). The van der Waals surface area contributed by atoms with Crippen LogP contribution in [-0.2, 0) is 11.2 Å². The van der Waals surface area contributed by atoms with Gasteiger partial charge in [-0.25, -0.2) is 0 Å². The lowest BCUT2D eigenvalue weighted by molar-refractivity contribution is -0.119. The lowest BCUT2D eigenvalue weighted by Crippen LogP contribution is -2.36. The zero-order chi connectivity index (χ0) is 16.7. The summed E-state index contributed by atoms with van der Waals surface area (Å²) in [6.07, 6.45) is 5.04. The number of anilines is 1. The van der Waals surface area contributed by atoms with Gasteiger partial charge in [-0.2, -0.15) is 0 Å². The molecule has 1 saturated carbocycles. The van der Waals surface area contributed by atoms with Gasteiger partial charge in [-0.1, -0.05) is 19.1 Å². The number of nitrogens with zero attached hydrogens (tertiary/aromatic N) is 2. The molecule has 1 N–H and O–H groups in total. The van der Waals surface area contributed by atoms with Crippen LogP contribution in [0.4, 0.5) is 5.69 Å². The van der Waals surface area contributed by atoms with Gasteiger partial charge < -0.3 is 14.9 Å². The number of rotatable bonds is 4. The quantitative estimate of drug-likeness (QED) is 0.924. The van der Waals surface area contributed by atoms with Crippen molar-refractivity contribution in [2.75, 3.05) is 31.1 Å². The average molecular weight is 328 g/mol. The standard InChI is InChI=1S/C20H28N2O2/c1-14-6-9-21(10-7-14)13-19(23)17-4-5-18-16(12-17)8-11-22(18)20(24)15-2-3-15/h4-5,12,14-15,19,23H,2-3,6-11,13H2,1H3/t19-/m0/s1. The van der Waals surface area contributed by atoms with E-state index in [1.807, 2.05) is 17.0 Å². The van der Waals surface area contributed by atoms with Gasteiger partial charge in [0.25, 0.3) is 0 Å². The summed E-state index contributed by atoms with van der Waals surface area (Å²) in [4.78, 5) is 16.7. The molecule has 2 fully saturated rings. The summed E-state index contributed by atoms with van der Waals surface area (Å²) in [5.41, 5.74) is 3.27. The predicted molar refractivity (Wildman–Crippen MR) is 95.0 cm³/mol. The van der Waals surface area contributed by atoms with E-state index in [1.54, 1.807) is 0 Å². The minimum atomic E-state index is -0.433. The topological polar surface area (TPSA) is 43.8 Å². The zero-order valence-corrected chi connectivity index (χ0v) is 14.6. The van der Waals surface area contributed by atoms with Gasteiger partial charge >= 0.3 is 0 Å². The molecule has 3 aliphatic rings. The number of carbonyl (C=O) groups excluding carboxylic acids is 1. The van der Waals surface area contributed by atoms with E-state index < -0.39 is 6.10 Å². The average Bonchev–Trinajstić information content (AvgIpc) is 3.35. The van der Waals surface area contributed by atoms with E-state index in [-0.39, 0.29) is 5.92 Å². The molecule has 4 heteroatoms. The van der Waals surface area contributed by atoms with Gasteiger partial charge in [0.2, 0.25) is 5.91 Å². The van der Waals surface area contributed by atoms with E-state index >= 15 is 0 Å². The molecular formula is C20H28N2O2. The van der Waals surface area contributed by atoms with E-state index in [4.69, 9.17) is 0 Å². The Morgan fingerprint density at radius 1 is 1.21 bits per heavy atom. The fourth-order valence-electron chi connectivity index (χ4n) is 4.00. The molecule has 2 aliphatic heterocycles. The van der Waals surface area contributed by atoms with Crippen LogP contribution in [0.25, 0.3) is 0 Å². The Labute approximate surface area is 144 Å². The van der Waals surface area contributed by atoms with Crippen molar-refractivity contribution in [1.82, 2.24) is 4.90 Å². The molecule has 0 aromatic heterocycles. The maximum atomic E-state index is 12.3. The first-order valence-corrected chi connectivity index (χ1v) is 9.46. The fourth-order valence-corrected chi connectivity index (χ4v) is 4.00. The third kappa shape index (κ3) is 3.22. The van der Waals surface area contributed by atoms with E-state index in [0.29, 0.717) is 5.91 Å². The summed E-state index contributed by atoms with van der Waals surface area (Å²) in [6, 6.07) is 6.17. The number of benzene rings is 1. The zero-order valence-electron chi connectivity index (χ0n) is 14.6. The number of β-amino-alcohol motifs (C(OH)–C–C–N with tert-alkyl or cyclic N) is 1. The van der Waals surface area contributed by atoms with Crippen LogP contribution < -0.4 is 4.90 Å². The number of amides is 1. The number of aliphatic hydroxyl groups excluding tert-OH is 1. The van der Waals surface area contributed by atoms with Gasteiger partial charge in [0.15, 0.2) is 0 Å². The summed E-state index contributed by atoms with van der Waals surface area (Å²) in [5.74, 6) is 1.38. The molecule has 1 aromatic carbocycles. The summed E-state index contributed by atoms with van der Waals surface area (Å²) >= 11 is 0. The SMILES string of the molecule is CC1CCN(C[C@H](O)c2ccc3c(c2)CCN3C(=O)C2CC2)CC1. The van der Waals surface area contributed by atoms with E-state index in [0.717, 1.165) is 62.6 Å². The molecule has 2 heterocycles. The summed E-state index contributed by atoms with van der Waals surface area (Å²) < 4.78 is 0. The van der Waals surface area contributed by atoms with Crippen LogP contribution in [-0.4, -0.2) is 42.1 Å². The van der Waals surface area contributed by atoms with Crippen molar-refractivity contribution in [3.05, 3.63) is 29.3 Å². The lowest BCUT2D eigenvalue weighted by Gasteiger charge is -2.31. The number of aliphatic hydroxyl groups is 1. The molecule has 1 aromatic rings. The van der Waals surface area contributed by atoms with Gasteiger partial charge in [-0.3, -0.25) is 4.79 Å². The Morgan fingerprint density at radius 2 is 1.96 bits per heavy atom. The van der Waals surface area contributed by atoms with Crippen molar-refractivity contribution < 1.29 is 9.90 Å². The van der Waals surface area contributed by atoms with Gasteiger partial charge in [0, 0.05) is 24.7 Å². The molecule has 130 valence electrons. The normalized spacial score (nSPS) is 23.3. The van der Waals surface area contributed by atoms with Gasteiger partial charge in [-0.05, 0) is 68.3 Å². The summed E-state index contributed by atoms with van der Waals surface area (Å²) in [6.45, 7) is 6.01. The highest BCUT2D eigenvalue weighted by Gasteiger charge is 2.36. The number of piperidine rings is 1. The molecule has 24 heavy (non-hydrogen) atoms.